The molecule has 1 aliphatic rings. The van der Waals surface area contributed by atoms with Gasteiger partial charge in [-0.1, -0.05) is 18.9 Å². The fourth-order valence-corrected chi connectivity index (χ4v) is 2.05. The zero-order chi connectivity index (χ0) is 14.6. The summed E-state index contributed by atoms with van der Waals surface area (Å²) < 4.78 is 19.3. The lowest BCUT2D eigenvalue weighted by Crippen LogP contribution is -2.35. The molecule has 2 rings (SSSR count). The smallest absolute Gasteiger partial charge is 0.128 e. The number of hydrogen-bond acceptors (Lipinski definition) is 2. The van der Waals surface area contributed by atoms with E-state index in [4.69, 9.17) is 4.74 Å². The van der Waals surface area contributed by atoms with Crippen molar-refractivity contribution >= 4 is 0 Å². The Morgan fingerprint density at radius 1 is 1.30 bits per heavy atom. The average molecular weight is 279 g/mol. The van der Waals surface area contributed by atoms with E-state index in [1.54, 1.807) is 6.07 Å². The minimum Gasteiger partial charge on any atom is -0.377 e. The molecule has 2 nitrogen and oxygen atoms in total. The van der Waals surface area contributed by atoms with Crippen molar-refractivity contribution in [2.75, 3.05) is 6.61 Å². The highest BCUT2D eigenvalue weighted by atomic mass is 19.1. The number of nitrogens with one attached hydrogen (secondary N) is 1. The van der Waals surface area contributed by atoms with Crippen molar-refractivity contribution in [2.45, 2.75) is 58.7 Å². The van der Waals surface area contributed by atoms with E-state index in [0.717, 1.165) is 31.1 Å². The number of halogens is 1. The molecule has 1 fully saturated rings. The Kier molecular flexibility index (Phi) is 5.17. The average Bonchev–Trinajstić information content (AvgIpc) is 3.18. The third-order valence-corrected chi connectivity index (χ3v) is 3.56. The van der Waals surface area contributed by atoms with Gasteiger partial charge in [0.2, 0.25) is 0 Å². The molecule has 1 N–H and O–H groups in total. The van der Waals surface area contributed by atoms with Crippen LogP contribution >= 0.6 is 0 Å². The van der Waals surface area contributed by atoms with Crippen molar-refractivity contribution in [1.82, 2.24) is 5.32 Å². The molecule has 0 radical (unpaired) electrons. The Morgan fingerprint density at radius 2 is 2.05 bits per heavy atom. The molecule has 1 aliphatic carbocycles. The van der Waals surface area contributed by atoms with Gasteiger partial charge in [-0.05, 0) is 50.8 Å². The quantitative estimate of drug-likeness (QED) is 0.761. The van der Waals surface area contributed by atoms with Crippen LogP contribution in [0, 0.1) is 11.7 Å². The van der Waals surface area contributed by atoms with Crippen molar-refractivity contribution in [2.24, 2.45) is 5.92 Å². The SMILES string of the molecule is CC(C)(C)NCc1ccc(F)c(COCCC2CC2)c1. The summed E-state index contributed by atoms with van der Waals surface area (Å²) in [6.45, 7) is 8.24. The Labute approximate surface area is 121 Å². The minimum atomic E-state index is -0.170. The molecule has 112 valence electrons. The van der Waals surface area contributed by atoms with Gasteiger partial charge in [0.25, 0.3) is 0 Å². The highest BCUT2D eigenvalue weighted by molar-refractivity contribution is 5.24. The summed E-state index contributed by atoms with van der Waals surface area (Å²) in [6, 6.07) is 5.28. The molecular weight excluding hydrogens is 253 g/mol. The van der Waals surface area contributed by atoms with Crippen molar-refractivity contribution in [3.05, 3.63) is 35.1 Å². The molecule has 0 bridgehead atoms. The van der Waals surface area contributed by atoms with E-state index in [2.05, 4.69) is 26.1 Å². The van der Waals surface area contributed by atoms with Crippen LogP contribution in [-0.2, 0) is 17.9 Å². The van der Waals surface area contributed by atoms with E-state index in [9.17, 15) is 4.39 Å². The zero-order valence-corrected chi connectivity index (χ0v) is 12.8. The lowest BCUT2D eigenvalue weighted by atomic mass is 10.1. The number of ether oxygens (including phenoxy) is 1. The lowest BCUT2D eigenvalue weighted by Gasteiger charge is -2.20. The number of benzene rings is 1. The summed E-state index contributed by atoms with van der Waals surface area (Å²) in [5.74, 6) is 0.693. The minimum absolute atomic E-state index is 0.0648. The van der Waals surface area contributed by atoms with Gasteiger partial charge < -0.3 is 10.1 Å². The van der Waals surface area contributed by atoms with Crippen LogP contribution in [-0.4, -0.2) is 12.1 Å². The van der Waals surface area contributed by atoms with Gasteiger partial charge in [0.15, 0.2) is 0 Å². The Balaban J connectivity index is 1.83. The van der Waals surface area contributed by atoms with E-state index in [1.807, 2.05) is 12.1 Å². The summed E-state index contributed by atoms with van der Waals surface area (Å²) in [7, 11) is 0. The van der Waals surface area contributed by atoms with Gasteiger partial charge in [-0.3, -0.25) is 0 Å². The first kappa shape index (κ1) is 15.5. The van der Waals surface area contributed by atoms with Gasteiger partial charge in [-0.15, -0.1) is 0 Å². The highest BCUT2D eigenvalue weighted by Crippen LogP contribution is 2.32. The van der Waals surface area contributed by atoms with Crippen molar-refractivity contribution in [3.8, 4) is 0 Å². The molecule has 1 aromatic carbocycles. The van der Waals surface area contributed by atoms with Gasteiger partial charge in [-0.2, -0.15) is 0 Å². The summed E-state index contributed by atoms with van der Waals surface area (Å²) >= 11 is 0. The van der Waals surface area contributed by atoms with E-state index in [1.165, 1.54) is 12.8 Å². The fourth-order valence-electron chi connectivity index (χ4n) is 2.05. The molecule has 0 amide bonds. The molecule has 0 aliphatic heterocycles. The second kappa shape index (κ2) is 6.68. The molecular formula is C17H26FNO. The molecule has 0 aromatic heterocycles. The molecule has 0 spiro atoms. The van der Waals surface area contributed by atoms with Crippen LogP contribution in [0.25, 0.3) is 0 Å². The molecule has 0 atom stereocenters. The van der Waals surface area contributed by atoms with Crippen molar-refractivity contribution in [3.63, 3.8) is 0 Å². The Morgan fingerprint density at radius 3 is 2.70 bits per heavy atom. The zero-order valence-electron chi connectivity index (χ0n) is 12.8. The van der Waals surface area contributed by atoms with E-state index in [-0.39, 0.29) is 11.4 Å². The Hall–Kier alpha value is -0.930. The molecule has 0 saturated heterocycles. The van der Waals surface area contributed by atoms with Gasteiger partial charge >= 0.3 is 0 Å². The third-order valence-electron chi connectivity index (χ3n) is 3.56. The maximum Gasteiger partial charge on any atom is 0.128 e. The van der Waals surface area contributed by atoms with Crippen molar-refractivity contribution < 1.29 is 9.13 Å². The largest absolute Gasteiger partial charge is 0.377 e. The van der Waals surface area contributed by atoms with E-state index < -0.39 is 0 Å². The molecule has 0 unspecified atom stereocenters. The van der Waals surface area contributed by atoms with Crippen molar-refractivity contribution in [1.29, 1.82) is 0 Å². The first-order valence-corrected chi connectivity index (χ1v) is 7.54. The van der Waals surface area contributed by atoms with Crippen LogP contribution in [0.3, 0.4) is 0 Å². The molecule has 20 heavy (non-hydrogen) atoms. The van der Waals surface area contributed by atoms with Crippen LogP contribution in [0.15, 0.2) is 18.2 Å². The highest BCUT2D eigenvalue weighted by Gasteiger charge is 2.20. The lowest BCUT2D eigenvalue weighted by molar-refractivity contribution is 0.113. The first-order chi connectivity index (χ1) is 9.44. The maximum absolute atomic E-state index is 13.7. The normalized spacial score (nSPS) is 15.6. The van der Waals surface area contributed by atoms with Crippen LogP contribution < -0.4 is 5.32 Å². The topological polar surface area (TPSA) is 21.3 Å². The van der Waals surface area contributed by atoms with Crippen LogP contribution in [0.2, 0.25) is 0 Å². The van der Waals surface area contributed by atoms with Gasteiger partial charge in [-0.25, -0.2) is 4.39 Å². The second-order valence-corrected chi connectivity index (χ2v) is 6.81. The first-order valence-electron chi connectivity index (χ1n) is 7.54. The van der Waals surface area contributed by atoms with Gasteiger partial charge in [0.1, 0.15) is 5.82 Å². The third kappa shape index (κ3) is 5.59. The molecule has 1 aromatic rings. The molecule has 3 heteroatoms. The number of hydrogen-bond donors (Lipinski definition) is 1. The fraction of sp³-hybridized carbons (Fsp3) is 0.647. The van der Waals surface area contributed by atoms with Crippen LogP contribution in [0.4, 0.5) is 4.39 Å². The van der Waals surface area contributed by atoms with Gasteiger partial charge in [0, 0.05) is 24.3 Å². The summed E-state index contributed by atoms with van der Waals surface area (Å²) in [6.07, 6.45) is 3.80. The maximum atomic E-state index is 13.7. The predicted molar refractivity (Wildman–Crippen MR) is 80.0 cm³/mol. The summed E-state index contributed by atoms with van der Waals surface area (Å²) in [4.78, 5) is 0. The second-order valence-electron chi connectivity index (χ2n) is 6.81. The predicted octanol–water partition coefficient (Wildman–Crippen LogP) is 4.03. The van der Waals surface area contributed by atoms with E-state index >= 15 is 0 Å². The van der Waals surface area contributed by atoms with Crippen LogP contribution in [0.5, 0.6) is 0 Å². The molecule has 0 heterocycles. The van der Waals surface area contributed by atoms with E-state index in [0.29, 0.717) is 12.2 Å². The van der Waals surface area contributed by atoms with Gasteiger partial charge in [0.05, 0.1) is 6.61 Å². The number of rotatable bonds is 7. The standard InChI is InChI=1S/C17H26FNO/c1-17(2,3)19-11-14-6-7-16(18)15(10-14)12-20-9-8-13-4-5-13/h6-7,10,13,19H,4-5,8-9,11-12H2,1-3H3. The van der Waals surface area contributed by atoms with Crippen LogP contribution in [0.1, 0.15) is 51.2 Å². The molecule has 1 saturated carbocycles. The summed E-state index contributed by atoms with van der Waals surface area (Å²) in [5.41, 5.74) is 1.83. The Bertz CT molecular complexity index is 435. The summed E-state index contributed by atoms with van der Waals surface area (Å²) in [5, 5.41) is 3.41. The monoisotopic (exact) mass is 279 g/mol.